The Morgan fingerprint density at radius 3 is 0.891 bits per heavy atom. The second-order valence-corrected chi connectivity index (χ2v) is 13.9. The van der Waals surface area contributed by atoms with Gasteiger partial charge in [-0.2, -0.15) is 0 Å². The van der Waals surface area contributed by atoms with Crippen molar-refractivity contribution in [1.29, 1.82) is 0 Å². The monoisotopic (exact) mass is 628 g/mol. The quantitative estimate of drug-likeness (QED) is 0.182. The lowest BCUT2D eigenvalue weighted by molar-refractivity contribution is 0.627. The fraction of sp³-hybridized carbons (Fsp3) is 0. The Morgan fingerprint density at radius 2 is 0.587 bits per heavy atom. The molecule has 0 nitrogen and oxygen atoms in total. The molecule has 8 aromatic rings. The van der Waals surface area contributed by atoms with Gasteiger partial charge in [0.2, 0.25) is 0 Å². The van der Waals surface area contributed by atoms with E-state index in [0.29, 0.717) is 0 Å². The minimum atomic E-state index is -0.254. The predicted molar refractivity (Wildman–Crippen MR) is 190 cm³/mol. The normalized spacial score (nSPS) is 12.1. The highest BCUT2D eigenvalue weighted by molar-refractivity contribution is 7.20. The molecule has 0 amide bonds. The van der Waals surface area contributed by atoms with Crippen molar-refractivity contribution in [2.75, 3.05) is 0 Å². The van der Waals surface area contributed by atoms with E-state index < -0.39 is 0 Å². The molecule has 0 unspecified atom stereocenters. The number of rotatable bonds is 4. The van der Waals surface area contributed by atoms with E-state index in [0.717, 1.165) is 20.9 Å². The van der Waals surface area contributed by atoms with Crippen LogP contribution < -0.4 is 0 Å². The zero-order valence-corrected chi connectivity index (χ0v) is 25.9. The number of benzene rings is 6. The van der Waals surface area contributed by atoms with Gasteiger partial charge in [0.15, 0.2) is 0 Å². The van der Waals surface area contributed by atoms with E-state index in [1.807, 2.05) is 35.6 Å². The lowest BCUT2D eigenvalue weighted by atomic mass is 9.96. The van der Waals surface area contributed by atoms with Crippen LogP contribution in [0.15, 0.2) is 133 Å². The Bertz CT molecular complexity index is 2330. The van der Waals surface area contributed by atoms with E-state index >= 15 is 0 Å². The molecule has 0 atom stereocenters. The van der Waals surface area contributed by atoms with Crippen LogP contribution in [0.1, 0.15) is 0 Å². The van der Waals surface area contributed by atoms with Crippen molar-refractivity contribution in [2.45, 2.75) is 0 Å². The van der Waals surface area contributed by atoms with Gasteiger partial charge in [0.1, 0.15) is 11.6 Å². The highest BCUT2D eigenvalue weighted by Crippen LogP contribution is 2.65. The molecule has 0 saturated carbocycles. The van der Waals surface area contributed by atoms with Crippen molar-refractivity contribution in [3.05, 3.63) is 145 Å². The zero-order chi connectivity index (χ0) is 30.5. The maximum absolute atomic E-state index is 14.1. The lowest BCUT2D eigenvalue weighted by Crippen LogP contribution is -1.83. The maximum Gasteiger partial charge on any atom is 0.123 e. The van der Waals surface area contributed by atoms with Gasteiger partial charge in [0.05, 0.1) is 0 Å². The SMILES string of the molecule is Fc1ccc(-c2sc(-c3ccc(F)cc3)c3c2-c2ccc4c5c(ccc-3c25)-c2c(-c3ccccc3)sc(-c3ccccc3)c2-4)cc1. The molecular weight excluding hydrogens is 607 g/mol. The van der Waals surface area contributed by atoms with Crippen LogP contribution in [0, 0.1) is 11.6 Å². The van der Waals surface area contributed by atoms with Crippen LogP contribution in [0.25, 0.3) is 97.0 Å². The van der Waals surface area contributed by atoms with E-state index in [4.69, 9.17) is 0 Å². The van der Waals surface area contributed by atoms with Crippen molar-refractivity contribution < 1.29 is 8.78 Å². The second-order valence-electron chi connectivity index (χ2n) is 11.8. The van der Waals surface area contributed by atoms with Crippen molar-refractivity contribution in [2.24, 2.45) is 0 Å². The molecule has 2 aromatic heterocycles. The summed E-state index contributed by atoms with van der Waals surface area (Å²) in [6.45, 7) is 0. The fourth-order valence-corrected chi connectivity index (χ4v) is 10.1. The molecule has 46 heavy (non-hydrogen) atoms. The summed E-state index contributed by atoms with van der Waals surface area (Å²) in [7, 11) is 0. The summed E-state index contributed by atoms with van der Waals surface area (Å²) in [4.78, 5) is 4.77. The fourth-order valence-electron chi connectivity index (χ4n) is 7.41. The summed E-state index contributed by atoms with van der Waals surface area (Å²) in [6, 6.07) is 44.2. The number of thiophene rings is 2. The molecule has 2 heterocycles. The number of hydrogen-bond donors (Lipinski definition) is 0. The van der Waals surface area contributed by atoms with Crippen LogP contribution in [-0.2, 0) is 0 Å². The summed E-state index contributed by atoms with van der Waals surface area (Å²) in [5, 5.41) is 2.55. The molecule has 216 valence electrons. The highest BCUT2D eigenvalue weighted by Gasteiger charge is 2.37. The van der Waals surface area contributed by atoms with Gasteiger partial charge in [-0.1, -0.05) is 109 Å². The summed E-state index contributed by atoms with van der Waals surface area (Å²) < 4.78 is 28.1. The largest absolute Gasteiger partial charge is 0.207 e. The first-order valence-corrected chi connectivity index (χ1v) is 16.9. The predicted octanol–water partition coefficient (Wildman–Crippen LogP) is 13.2. The van der Waals surface area contributed by atoms with E-state index in [2.05, 4.69) is 84.9 Å². The van der Waals surface area contributed by atoms with Crippen LogP contribution in [0.5, 0.6) is 0 Å². The molecule has 2 aliphatic carbocycles. The maximum atomic E-state index is 14.1. The van der Waals surface area contributed by atoms with Gasteiger partial charge in [0, 0.05) is 41.8 Å². The molecule has 6 aromatic carbocycles. The topological polar surface area (TPSA) is 0 Å². The molecule has 0 spiro atoms. The van der Waals surface area contributed by atoms with Gasteiger partial charge in [-0.25, -0.2) is 8.78 Å². The molecule has 2 aliphatic rings. The van der Waals surface area contributed by atoms with E-state index in [1.165, 1.54) is 100 Å². The highest BCUT2D eigenvalue weighted by atomic mass is 32.1. The molecule has 0 saturated heterocycles. The van der Waals surface area contributed by atoms with Crippen LogP contribution >= 0.6 is 22.7 Å². The Balaban J connectivity index is 1.29. The minimum absolute atomic E-state index is 0.254. The first kappa shape index (κ1) is 26.1. The standard InChI is InChI=1S/C42H22F2S2/c43-27-15-11-25(12-16-27)41-37-31-21-19-29-33-30(20-22-32(34(31)33)38(37)42(46-41)26-13-17-28(44)18-14-26)36-35(29)39(23-7-3-1-4-8-23)45-40(36)24-9-5-2-6-10-24/h1-22H. The Labute approximate surface area is 272 Å². The molecule has 0 aliphatic heterocycles. The smallest absolute Gasteiger partial charge is 0.123 e. The third-order valence-electron chi connectivity index (χ3n) is 9.34. The summed E-state index contributed by atoms with van der Waals surface area (Å²) in [6.07, 6.45) is 0. The Morgan fingerprint density at radius 1 is 0.304 bits per heavy atom. The number of fused-ring (bicyclic) bond motifs is 6. The molecular formula is C42H22F2S2. The van der Waals surface area contributed by atoms with Gasteiger partial charge in [-0.05, 0) is 79.5 Å². The third kappa shape index (κ3) is 3.57. The first-order chi connectivity index (χ1) is 22.7. The van der Waals surface area contributed by atoms with E-state index in [-0.39, 0.29) is 11.6 Å². The van der Waals surface area contributed by atoms with Crippen LogP contribution in [0.3, 0.4) is 0 Å². The van der Waals surface area contributed by atoms with Gasteiger partial charge >= 0.3 is 0 Å². The lowest BCUT2D eigenvalue weighted by Gasteiger charge is -2.10. The third-order valence-corrected chi connectivity index (χ3v) is 11.9. The molecule has 0 bridgehead atoms. The van der Waals surface area contributed by atoms with Crippen LogP contribution in [-0.4, -0.2) is 0 Å². The molecule has 0 radical (unpaired) electrons. The van der Waals surface area contributed by atoms with Crippen LogP contribution in [0.4, 0.5) is 8.78 Å². The average Bonchev–Trinajstić information content (AvgIpc) is 3.84. The van der Waals surface area contributed by atoms with Crippen molar-refractivity contribution >= 4 is 33.4 Å². The zero-order valence-electron chi connectivity index (χ0n) is 24.3. The van der Waals surface area contributed by atoms with Gasteiger partial charge in [0.25, 0.3) is 0 Å². The summed E-state index contributed by atoms with van der Waals surface area (Å²) in [5.74, 6) is -0.508. The molecule has 0 fully saturated rings. The van der Waals surface area contributed by atoms with E-state index in [9.17, 15) is 8.78 Å². The average molecular weight is 629 g/mol. The van der Waals surface area contributed by atoms with Gasteiger partial charge in [-0.15, -0.1) is 22.7 Å². The van der Waals surface area contributed by atoms with Crippen molar-refractivity contribution in [1.82, 2.24) is 0 Å². The Hall–Kier alpha value is -5.16. The first-order valence-electron chi connectivity index (χ1n) is 15.2. The van der Waals surface area contributed by atoms with E-state index in [1.54, 1.807) is 11.3 Å². The van der Waals surface area contributed by atoms with Crippen molar-refractivity contribution in [3.63, 3.8) is 0 Å². The van der Waals surface area contributed by atoms with Gasteiger partial charge in [-0.3, -0.25) is 0 Å². The Kier molecular flexibility index (Phi) is 5.49. The minimum Gasteiger partial charge on any atom is -0.207 e. The molecule has 0 N–H and O–H groups in total. The molecule has 10 rings (SSSR count). The van der Waals surface area contributed by atoms with Crippen LogP contribution in [0.2, 0.25) is 0 Å². The number of hydrogen-bond acceptors (Lipinski definition) is 2. The summed E-state index contributed by atoms with van der Waals surface area (Å²) >= 11 is 3.57. The number of halogens is 2. The second kappa shape index (κ2) is 9.67. The molecule has 4 heteroatoms. The summed E-state index contributed by atoms with van der Waals surface area (Å²) in [5.41, 5.74) is 14.3. The van der Waals surface area contributed by atoms with Crippen molar-refractivity contribution in [3.8, 4) is 86.3 Å². The van der Waals surface area contributed by atoms with Gasteiger partial charge < -0.3 is 0 Å².